The summed E-state index contributed by atoms with van der Waals surface area (Å²) in [7, 11) is 1.97. The van der Waals surface area contributed by atoms with Crippen LogP contribution in [0.15, 0.2) is 42.5 Å². The van der Waals surface area contributed by atoms with Crippen LogP contribution in [0.1, 0.15) is 11.5 Å². The summed E-state index contributed by atoms with van der Waals surface area (Å²) in [4.78, 5) is 20.1. The average molecular weight is 432 g/mol. The molecule has 1 fully saturated rings. The predicted molar refractivity (Wildman–Crippen MR) is 124 cm³/mol. The first-order valence-electron chi connectivity index (χ1n) is 10.8. The summed E-state index contributed by atoms with van der Waals surface area (Å²) >= 11 is 0. The Morgan fingerprint density at radius 3 is 2.53 bits per heavy atom. The number of aryl methyl sites for hydroxylation is 2. The van der Waals surface area contributed by atoms with Crippen LogP contribution in [0, 0.1) is 17.0 Å². The average Bonchev–Trinajstić information content (AvgIpc) is 3.13. The zero-order valence-corrected chi connectivity index (χ0v) is 18.2. The summed E-state index contributed by atoms with van der Waals surface area (Å²) in [6, 6.07) is 13.2. The Bertz CT molecular complexity index is 1310. The second-order valence-electron chi connectivity index (χ2n) is 8.25. The molecule has 1 saturated heterocycles. The molecule has 0 bridgehead atoms. The van der Waals surface area contributed by atoms with Gasteiger partial charge in [-0.2, -0.15) is 5.10 Å². The zero-order valence-electron chi connectivity index (χ0n) is 18.2. The van der Waals surface area contributed by atoms with Crippen molar-refractivity contribution in [3.8, 4) is 0 Å². The predicted octanol–water partition coefficient (Wildman–Crippen LogP) is 3.10. The molecule has 4 aromatic rings. The first-order chi connectivity index (χ1) is 15.5. The van der Waals surface area contributed by atoms with Gasteiger partial charge in [-0.1, -0.05) is 24.3 Å². The van der Waals surface area contributed by atoms with E-state index in [0.29, 0.717) is 5.52 Å². The third kappa shape index (κ3) is 3.64. The molecule has 2 aromatic heterocycles. The summed E-state index contributed by atoms with van der Waals surface area (Å²) in [5.74, 6) is 1.90. The molecule has 9 nitrogen and oxygen atoms in total. The summed E-state index contributed by atoms with van der Waals surface area (Å²) < 4.78 is 2.03. The van der Waals surface area contributed by atoms with E-state index in [1.807, 2.05) is 24.6 Å². The second-order valence-corrected chi connectivity index (χ2v) is 8.25. The van der Waals surface area contributed by atoms with Crippen LogP contribution in [0.3, 0.4) is 0 Å². The summed E-state index contributed by atoms with van der Waals surface area (Å²) in [6.45, 7) is 6.58. The van der Waals surface area contributed by atoms with Gasteiger partial charge in [0.05, 0.1) is 21.7 Å². The molecule has 164 valence electrons. The van der Waals surface area contributed by atoms with Crippen LogP contribution in [-0.4, -0.2) is 62.3 Å². The number of fused-ring (bicyclic) bond motifs is 2. The van der Waals surface area contributed by atoms with Crippen molar-refractivity contribution in [3.63, 3.8) is 0 Å². The number of benzene rings is 2. The van der Waals surface area contributed by atoms with Crippen molar-refractivity contribution >= 4 is 33.3 Å². The number of anilines is 1. The van der Waals surface area contributed by atoms with Crippen molar-refractivity contribution in [1.29, 1.82) is 0 Å². The largest absolute Gasteiger partial charge is 0.352 e. The van der Waals surface area contributed by atoms with Gasteiger partial charge in [0.1, 0.15) is 5.82 Å². The van der Waals surface area contributed by atoms with E-state index in [-0.39, 0.29) is 10.6 Å². The molecular weight excluding hydrogens is 406 g/mol. The van der Waals surface area contributed by atoms with Gasteiger partial charge in [0.2, 0.25) is 0 Å². The Labute approximate surface area is 185 Å². The number of hydrogen-bond acceptors (Lipinski definition) is 7. The van der Waals surface area contributed by atoms with Crippen LogP contribution in [0.25, 0.3) is 21.8 Å². The van der Waals surface area contributed by atoms with E-state index in [2.05, 4.69) is 43.2 Å². The summed E-state index contributed by atoms with van der Waals surface area (Å²) in [5.41, 5.74) is 2.62. The minimum Gasteiger partial charge on any atom is -0.352 e. The molecule has 0 atom stereocenters. The van der Waals surface area contributed by atoms with Gasteiger partial charge in [-0.15, -0.1) is 5.10 Å². The summed E-state index contributed by atoms with van der Waals surface area (Å²) in [6.07, 6.45) is 0.798. The van der Waals surface area contributed by atoms with Crippen LogP contribution in [0.4, 0.5) is 11.5 Å². The van der Waals surface area contributed by atoms with E-state index in [4.69, 9.17) is 0 Å². The van der Waals surface area contributed by atoms with E-state index >= 15 is 0 Å². The Kier molecular flexibility index (Phi) is 5.18. The maximum atomic E-state index is 11.0. The molecule has 0 saturated carbocycles. The highest BCUT2D eigenvalue weighted by Crippen LogP contribution is 2.26. The number of non-ortho nitro benzene ring substituents is 1. The zero-order chi connectivity index (χ0) is 22.2. The molecule has 0 spiro atoms. The lowest BCUT2D eigenvalue weighted by Gasteiger charge is -2.35. The molecule has 0 radical (unpaired) electrons. The van der Waals surface area contributed by atoms with Crippen molar-refractivity contribution in [1.82, 2.24) is 24.6 Å². The van der Waals surface area contributed by atoms with E-state index in [1.165, 1.54) is 6.07 Å². The van der Waals surface area contributed by atoms with E-state index < -0.39 is 0 Å². The van der Waals surface area contributed by atoms with Crippen LogP contribution in [-0.2, 0) is 13.5 Å². The van der Waals surface area contributed by atoms with Crippen molar-refractivity contribution in [2.75, 3.05) is 37.6 Å². The minimum atomic E-state index is -0.380. The highest BCUT2D eigenvalue weighted by molar-refractivity contribution is 5.93. The maximum Gasteiger partial charge on any atom is 0.271 e. The molecular formula is C23H25N7O2. The molecule has 2 aromatic carbocycles. The first-order valence-corrected chi connectivity index (χ1v) is 10.8. The van der Waals surface area contributed by atoms with Crippen molar-refractivity contribution in [2.24, 2.45) is 7.05 Å². The third-order valence-corrected chi connectivity index (χ3v) is 6.34. The molecule has 3 heterocycles. The number of hydrogen-bond donors (Lipinski definition) is 0. The fourth-order valence-electron chi connectivity index (χ4n) is 4.47. The number of rotatable bonds is 5. The molecule has 0 aliphatic carbocycles. The van der Waals surface area contributed by atoms with E-state index in [9.17, 15) is 10.1 Å². The lowest BCUT2D eigenvalue weighted by atomic mass is 10.1. The fourth-order valence-corrected chi connectivity index (χ4v) is 4.47. The highest BCUT2D eigenvalue weighted by atomic mass is 16.6. The van der Waals surface area contributed by atoms with Crippen LogP contribution in [0.2, 0.25) is 0 Å². The molecule has 9 heteroatoms. The van der Waals surface area contributed by atoms with E-state index in [0.717, 1.165) is 72.8 Å². The minimum absolute atomic E-state index is 0.0741. The maximum absolute atomic E-state index is 11.0. The van der Waals surface area contributed by atoms with Crippen molar-refractivity contribution in [3.05, 3.63) is 64.1 Å². The molecule has 1 aliphatic heterocycles. The number of aromatic nitrogens is 4. The molecule has 0 N–H and O–H groups in total. The highest BCUT2D eigenvalue weighted by Gasteiger charge is 2.21. The monoisotopic (exact) mass is 431 g/mol. The molecule has 1 aliphatic rings. The van der Waals surface area contributed by atoms with Gasteiger partial charge in [-0.25, -0.2) is 4.98 Å². The van der Waals surface area contributed by atoms with Gasteiger partial charge in [0.15, 0.2) is 5.82 Å². The Morgan fingerprint density at radius 2 is 1.78 bits per heavy atom. The lowest BCUT2D eigenvalue weighted by molar-refractivity contribution is -0.384. The van der Waals surface area contributed by atoms with Crippen molar-refractivity contribution in [2.45, 2.75) is 13.3 Å². The quantitative estimate of drug-likeness (QED) is 0.354. The van der Waals surface area contributed by atoms with E-state index in [1.54, 1.807) is 12.1 Å². The van der Waals surface area contributed by atoms with Crippen molar-refractivity contribution < 1.29 is 4.92 Å². The van der Waals surface area contributed by atoms with Crippen LogP contribution >= 0.6 is 0 Å². The third-order valence-electron chi connectivity index (χ3n) is 6.34. The SMILES string of the molecule is Cc1nnc(N2CCN(CCc3nc4cc([N+](=O)[O-])ccc4n3C)CC2)c2ccccc12. The van der Waals surface area contributed by atoms with Gasteiger partial charge in [0, 0.05) is 69.1 Å². The molecule has 0 amide bonds. The lowest BCUT2D eigenvalue weighted by Crippen LogP contribution is -2.47. The smallest absolute Gasteiger partial charge is 0.271 e. The number of nitro benzene ring substituents is 1. The number of piperazine rings is 1. The van der Waals surface area contributed by atoms with Gasteiger partial charge >= 0.3 is 0 Å². The van der Waals surface area contributed by atoms with Gasteiger partial charge < -0.3 is 9.47 Å². The van der Waals surface area contributed by atoms with Crippen LogP contribution in [0.5, 0.6) is 0 Å². The normalized spacial score (nSPS) is 15.0. The number of imidazole rings is 1. The van der Waals surface area contributed by atoms with Crippen LogP contribution < -0.4 is 4.90 Å². The number of nitro groups is 1. The van der Waals surface area contributed by atoms with Gasteiger partial charge in [-0.05, 0) is 13.0 Å². The first kappa shape index (κ1) is 20.3. The Hall–Kier alpha value is -3.59. The van der Waals surface area contributed by atoms with Gasteiger partial charge in [0.25, 0.3) is 5.69 Å². The van der Waals surface area contributed by atoms with Gasteiger partial charge in [-0.3, -0.25) is 15.0 Å². The summed E-state index contributed by atoms with van der Waals surface area (Å²) in [5, 5.41) is 22.2. The fraction of sp³-hybridized carbons (Fsp3) is 0.348. The molecule has 32 heavy (non-hydrogen) atoms. The number of nitrogens with zero attached hydrogens (tertiary/aromatic N) is 7. The second kappa shape index (κ2) is 8.16. The Balaban J connectivity index is 1.25. The molecule has 5 rings (SSSR count). The topological polar surface area (TPSA) is 93.2 Å². The Morgan fingerprint density at radius 1 is 1.03 bits per heavy atom. The standard InChI is InChI=1S/C23H25N7O2/c1-16-18-5-3-4-6-19(18)23(26-25-16)29-13-11-28(12-14-29)10-9-22-24-20-15-17(30(31)32)7-8-21(20)27(22)2/h3-8,15H,9-14H2,1-2H3. The molecule has 0 unspecified atom stereocenters.